The number of rotatable bonds is 8. The van der Waals surface area contributed by atoms with Gasteiger partial charge in [0.05, 0.1) is 16.9 Å². The lowest BCUT2D eigenvalue weighted by molar-refractivity contribution is -0.141. The fraction of sp³-hybridized carbons (Fsp3) is 0.226. The van der Waals surface area contributed by atoms with Crippen LogP contribution < -0.4 is 16.8 Å². The van der Waals surface area contributed by atoms with E-state index in [0.717, 1.165) is 29.5 Å². The summed E-state index contributed by atoms with van der Waals surface area (Å²) in [6, 6.07) is 14.7. The van der Waals surface area contributed by atoms with E-state index in [-0.39, 0.29) is 17.2 Å². The first-order valence-corrected chi connectivity index (χ1v) is 13.7. The van der Waals surface area contributed by atoms with Gasteiger partial charge in [0, 0.05) is 30.0 Å². The van der Waals surface area contributed by atoms with Crippen LogP contribution >= 0.6 is 0 Å². The summed E-state index contributed by atoms with van der Waals surface area (Å²) in [5.41, 5.74) is 11.4. The van der Waals surface area contributed by atoms with Gasteiger partial charge in [0.25, 0.3) is 5.91 Å². The third-order valence-corrected chi connectivity index (χ3v) is 7.83. The van der Waals surface area contributed by atoms with Crippen LogP contribution in [0.1, 0.15) is 53.0 Å². The minimum absolute atomic E-state index is 0.140. The van der Waals surface area contributed by atoms with Crippen LogP contribution in [0.2, 0.25) is 0 Å². The number of alkyl halides is 3. The van der Waals surface area contributed by atoms with E-state index < -0.39 is 34.8 Å². The number of pyridine rings is 2. The maximum Gasteiger partial charge on any atom is 0.435 e. The van der Waals surface area contributed by atoms with Gasteiger partial charge in [0.1, 0.15) is 17.3 Å². The number of carbonyl (C=O) groups is 1. The number of benzene rings is 2. The van der Waals surface area contributed by atoms with E-state index in [9.17, 15) is 18.0 Å². The van der Waals surface area contributed by atoms with E-state index in [4.69, 9.17) is 11.5 Å². The summed E-state index contributed by atoms with van der Waals surface area (Å²) < 4.78 is 57.2. The van der Waals surface area contributed by atoms with Gasteiger partial charge in [0.15, 0.2) is 5.69 Å². The normalized spacial score (nSPS) is 14.9. The number of fused-ring (bicyclic) bond motifs is 1. The molecule has 8 nitrogen and oxygen atoms in total. The highest BCUT2D eigenvalue weighted by molar-refractivity contribution is 6.04. The molecule has 0 bridgehead atoms. The Kier molecular flexibility index (Phi) is 7.09. The Labute approximate surface area is 243 Å². The molecule has 1 fully saturated rings. The van der Waals surface area contributed by atoms with Gasteiger partial charge in [-0.05, 0) is 77.7 Å². The highest BCUT2D eigenvalue weighted by Crippen LogP contribution is 2.40. The largest absolute Gasteiger partial charge is 0.435 e. The van der Waals surface area contributed by atoms with Crippen LogP contribution in [0.5, 0.6) is 0 Å². The lowest BCUT2D eigenvalue weighted by Gasteiger charge is -2.31. The summed E-state index contributed by atoms with van der Waals surface area (Å²) in [6.07, 6.45) is 3.60. The summed E-state index contributed by atoms with van der Waals surface area (Å²) in [4.78, 5) is 21.6. The Morgan fingerprint density at radius 2 is 1.74 bits per heavy atom. The fourth-order valence-corrected chi connectivity index (χ4v) is 5.22. The maximum atomic E-state index is 15.1. The molecule has 3 aromatic heterocycles. The zero-order valence-electron chi connectivity index (χ0n) is 22.8. The maximum absolute atomic E-state index is 15.1. The van der Waals surface area contributed by atoms with E-state index >= 15 is 4.39 Å². The highest BCUT2D eigenvalue weighted by Gasteiger charge is 2.37. The third-order valence-electron chi connectivity index (χ3n) is 7.83. The van der Waals surface area contributed by atoms with Gasteiger partial charge in [-0.1, -0.05) is 25.0 Å². The first-order chi connectivity index (χ1) is 20.5. The number of carbonyl (C=O) groups excluding carboxylic acids is 1. The van der Waals surface area contributed by atoms with Gasteiger partial charge in [-0.25, -0.2) is 14.1 Å². The van der Waals surface area contributed by atoms with E-state index in [2.05, 4.69) is 20.4 Å². The molecule has 3 heterocycles. The van der Waals surface area contributed by atoms with Crippen LogP contribution in [0.3, 0.4) is 0 Å². The van der Waals surface area contributed by atoms with Crippen LogP contribution in [0.15, 0.2) is 79.3 Å². The zero-order valence-corrected chi connectivity index (χ0v) is 22.8. The molecule has 1 saturated carbocycles. The van der Waals surface area contributed by atoms with Crippen LogP contribution in [0.4, 0.5) is 29.1 Å². The van der Waals surface area contributed by atoms with Gasteiger partial charge >= 0.3 is 6.18 Å². The second kappa shape index (κ2) is 10.8. The Balaban J connectivity index is 1.38. The summed E-state index contributed by atoms with van der Waals surface area (Å²) in [5.74, 6) is -1.03. The van der Waals surface area contributed by atoms with Crippen molar-refractivity contribution < 1.29 is 22.4 Å². The number of nitrogens with one attached hydrogen (secondary N) is 1. The molecule has 0 spiro atoms. The number of nitrogens with two attached hydrogens (primary N) is 2. The number of amides is 1. The van der Waals surface area contributed by atoms with Gasteiger partial charge in [-0.2, -0.15) is 18.3 Å². The van der Waals surface area contributed by atoms with Crippen molar-refractivity contribution in [2.75, 3.05) is 11.1 Å². The van der Waals surface area contributed by atoms with Gasteiger partial charge < -0.3 is 16.8 Å². The lowest BCUT2D eigenvalue weighted by Crippen LogP contribution is -2.38. The SMILES string of the molecule is Nc1nccc2ccc(-n3nc(C(F)(F)F)cc3C(=O)Nc3cc(C(N)(CCC4CC4)c4ccncc4)ccc3F)cc12. The van der Waals surface area contributed by atoms with Crippen molar-refractivity contribution in [3.8, 4) is 5.69 Å². The molecule has 1 atom stereocenters. The second-order valence-electron chi connectivity index (χ2n) is 10.8. The van der Waals surface area contributed by atoms with E-state index in [0.29, 0.717) is 34.7 Å². The molecule has 220 valence electrons. The number of hydrogen-bond donors (Lipinski definition) is 3. The van der Waals surface area contributed by atoms with Crippen LogP contribution in [-0.2, 0) is 11.7 Å². The number of hydrogen-bond acceptors (Lipinski definition) is 6. The van der Waals surface area contributed by atoms with Gasteiger partial charge in [0.2, 0.25) is 0 Å². The van der Waals surface area contributed by atoms with E-state index in [1.54, 1.807) is 42.7 Å². The average molecular weight is 590 g/mol. The van der Waals surface area contributed by atoms with E-state index in [1.165, 1.54) is 30.5 Å². The molecule has 1 aliphatic rings. The predicted octanol–water partition coefficient (Wildman–Crippen LogP) is 6.20. The standard InChI is InChI=1S/C31H27F4N7O/c32-24-6-4-21(30(37,11-7-18-1-2-18)20-9-12-38-13-10-20)15-25(24)40-29(43)26-17-27(31(33,34)35)41-42(26)22-5-3-19-8-14-39-28(36)23(19)16-22/h3-6,8-10,12-18H,1-2,7,11,37H2,(H2,36,39)(H,40,43). The molecular formula is C31H27F4N7O. The topological polar surface area (TPSA) is 125 Å². The smallest absolute Gasteiger partial charge is 0.383 e. The number of anilines is 2. The molecule has 6 rings (SSSR count). The molecule has 1 amide bonds. The van der Waals surface area contributed by atoms with Crippen LogP contribution in [0.25, 0.3) is 16.5 Å². The Morgan fingerprint density at radius 1 is 0.977 bits per heavy atom. The van der Waals surface area contributed by atoms with Crippen molar-refractivity contribution in [1.82, 2.24) is 19.7 Å². The Bertz CT molecular complexity index is 1820. The molecule has 2 aromatic carbocycles. The zero-order chi connectivity index (χ0) is 30.4. The molecule has 1 aliphatic carbocycles. The summed E-state index contributed by atoms with van der Waals surface area (Å²) in [5, 5.41) is 7.28. The molecule has 0 saturated heterocycles. The first kappa shape index (κ1) is 28.3. The molecule has 0 radical (unpaired) electrons. The third kappa shape index (κ3) is 5.65. The summed E-state index contributed by atoms with van der Waals surface area (Å²) >= 11 is 0. The number of aromatic nitrogens is 4. The van der Waals surface area contributed by atoms with Crippen molar-refractivity contribution in [3.63, 3.8) is 0 Å². The number of nitrogens with zero attached hydrogens (tertiary/aromatic N) is 4. The quantitative estimate of drug-likeness (QED) is 0.185. The second-order valence-corrected chi connectivity index (χ2v) is 10.8. The minimum Gasteiger partial charge on any atom is -0.383 e. The monoisotopic (exact) mass is 589 g/mol. The van der Waals surface area contributed by atoms with Gasteiger partial charge in [-0.15, -0.1) is 0 Å². The number of halogens is 4. The van der Waals surface area contributed by atoms with Crippen molar-refractivity contribution in [1.29, 1.82) is 0 Å². The van der Waals surface area contributed by atoms with Crippen molar-refractivity contribution >= 4 is 28.2 Å². The van der Waals surface area contributed by atoms with Crippen molar-refractivity contribution in [2.24, 2.45) is 11.7 Å². The average Bonchev–Trinajstić information content (AvgIpc) is 3.71. The van der Waals surface area contributed by atoms with Crippen LogP contribution in [-0.4, -0.2) is 25.7 Å². The molecule has 12 heteroatoms. The molecule has 1 unspecified atom stereocenters. The fourth-order valence-electron chi connectivity index (χ4n) is 5.22. The Hall–Kier alpha value is -4.84. The molecule has 5 N–H and O–H groups in total. The van der Waals surface area contributed by atoms with Crippen LogP contribution in [0, 0.1) is 11.7 Å². The highest BCUT2D eigenvalue weighted by atomic mass is 19.4. The molecule has 43 heavy (non-hydrogen) atoms. The molecular weight excluding hydrogens is 562 g/mol. The van der Waals surface area contributed by atoms with E-state index in [1.807, 2.05) is 0 Å². The Morgan fingerprint density at radius 3 is 2.47 bits per heavy atom. The number of nitrogen functional groups attached to an aromatic ring is 1. The molecule has 5 aromatic rings. The lowest BCUT2D eigenvalue weighted by atomic mass is 9.79. The van der Waals surface area contributed by atoms with Crippen molar-refractivity contribution in [2.45, 2.75) is 37.4 Å². The summed E-state index contributed by atoms with van der Waals surface area (Å²) in [7, 11) is 0. The molecule has 0 aliphatic heterocycles. The van der Waals surface area contributed by atoms with Crippen molar-refractivity contribution in [3.05, 3.63) is 108 Å². The predicted molar refractivity (Wildman–Crippen MR) is 154 cm³/mol. The minimum atomic E-state index is -4.84. The van der Waals surface area contributed by atoms with Gasteiger partial charge in [-0.3, -0.25) is 9.78 Å². The summed E-state index contributed by atoms with van der Waals surface area (Å²) in [6.45, 7) is 0. The first-order valence-electron chi connectivity index (χ1n) is 13.7.